The third-order valence-electron chi connectivity index (χ3n) is 4.81. The molecule has 3 aromatic carbocycles. The molecular formula is C24H15Br2ClN2O5. The van der Waals surface area contributed by atoms with E-state index in [-0.39, 0.29) is 27.9 Å². The van der Waals surface area contributed by atoms with E-state index in [1.165, 1.54) is 23.8 Å². The van der Waals surface area contributed by atoms with Gasteiger partial charge in [-0.1, -0.05) is 41.9 Å². The third-order valence-corrected chi connectivity index (χ3v) is 6.31. The van der Waals surface area contributed by atoms with Gasteiger partial charge in [0.25, 0.3) is 5.69 Å². The van der Waals surface area contributed by atoms with E-state index in [4.69, 9.17) is 21.1 Å². The zero-order valence-electron chi connectivity index (χ0n) is 17.3. The van der Waals surface area contributed by atoms with Gasteiger partial charge in [0.05, 0.1) is 20.5 Å². The van der Waals surface area contributed by atoms with E-state index in [1.54, 1.807) is 18.2 Å². The van der Waals surface area contributed by atoms with Gasteiger partial charge in [-0.3, -0.25) is 10.1 Å². The maximum Gasteiger partial charge on any atom is 0.363 e. The molecule has 172 valence electrons. The number of nitrogens with zero attached hydrogens (tertiary/aromatic N) is 2. The van der Waals surface area contributed by atoms with Crippen molar-refractivity contribution in [3.63, 3.8) is 0 Å². The number of carbonyl (C=O) groups excluding carboxylic acids is 1. The summed E-state index contributed by atoms with van der Waals surface area (Å²) < 4.78 is 12.5. The third kappa shape index (κ3) is 5.55. The van der Waals surface area contributed by atoms with Crippen molar-refractivity contribution < 1.29 is 19.2 Å². The van der Waals surface area contributed by atoms with Crippen molar-refractivity contribution in [1.29, 1.82) is 0 Å². The summed E-state index contributed by atoms with van der Waals surface area (Å²) in [5.41, 5.74) is 1.89. The van der Waals surface area contributed by atoms with Crippen LogP contribution in [-0.4, -0.2) is 23.4 Å². The number of benzene rings is 3. The second kappa shape index (κ2) is 10.5. The molecule has 0 saturated heterocycles. The van der Waals surface area contributed by atoms with Crippen LogP contribution in [0.2, 0.25) is 5.02 Å². The van der Waals surface area contributed by atoms with Gasteiger partial charge in [-0.15, -0.1) is 0 Å². The van der Waals surface area contributed by atoms with Crippen LogP contribution in [0, 0.1) is 10.1 Å². The maximum absolute atomic E-state index is 12.3. The lowest BCUT2D eigenvalue weighted by Crippen LogP contribution is -2.06. The Balaban J connectivity index is 1.53. The van der Waals surface area contributed by atoms with Crippen molar-refractivity contribution in [2.45, 2.75) is 6.42 Å². The SMILES string of the molecule is O=C1OC(c2ccc(Cl)c([N+](=O)[O-])c2)=N/C1=C\c1cc(Br)c(OCCc2ccccc2)c(Br)c1. The van der Waals surface area contributed by atoms with Crippen LogP contribution in [0.5, 0.6) is 5.75 Å². The zero-order chi connectivity index (χ0) is 24.2. The molecule has 4 rings (SSSR count). The minimum Gasteiger partial charge on any atom is -0.491 e. The summed E-state index contributed by atoms with van der Waals surface area (Å²) in [6, 6.07) is 17.7. The first-order valence-electron chi connectivity index (χ1n) is 9.94. The van der Waals surface area contributed by atoms with E-state index in [1.807, 2.05) is 30.3 Å². The van der Waals surface area contributed by atoms with E-state index in [9.17, 15) is 14.9 Å². The van der Waals surface area contributed by atoms with Gasteiger partial charge >= 0.3 is 5.97 Å². The van der Waals surface area contributed by atoms with Gasteiger partial charge in [0.1, 0.15) is 10.8 Å². The number of ether oxygens (including phenoxy) is 2. The number of hydrogen-bond acceptors (Lipinski definition) is 6. The lowest BCUT2D eigenvalue weighted by molar-refractivity contribution is -0.384. The van der Waals surface area contributed by atoms with Gasteiger partial charge in [-0.2, -0.15) is 0 Å². The normalized spacial score (nSPS) is 14.1. The first kappa shape index (κ1) is 24.1. The topological polar surface area (TPSA) is 91.0 Å². The summed E-state index contributed by atoms with van der Waals surface area (Å²) in [5.74, 6) is -0.0530. The predicted octanol–water partition coefficient (Wildman–Crippen LogP) is 6.74. The number of cyclic esters (lactones) is 1. The number of rotatable bonds is 7. The second-order valence-electron chi connectivity index (χ2n) is 7.16. The highest BCUT2D eigenvalue weighted by atomic mass is 79.9. The minimum absolute atomic E-state index is 0.0183. The number of nitro groups is 1. The first-order chi connectivity index (χ1) is 16.3. The fourth-order valence-corrected chi connectivity index (χ4v) is 4.83. The molecule has 0 unspecified atom stereocenters. The molecule has 0 radical (unpaired) electrons. The molecule has 34 heavy (non-hydrogen) atoms. The molecule has 0 aliphatic carbocycles. The molecule has 1 heterocycles. The number of halogens is 3. The van der Waals surface area contributed by atoms with Gasteiger partial charge in [-0.05, 0) is 73.3 Å². The second-order valence-corrected chi connectivity index (χ2v) is 9.27. The van der Waals surface area contributed by atoms with Crippen molar-refractivity contribution in [3.05, 3.63) is 107 Å². The van der Waals surface area contributed by atoms with Crippen LogP contribution in [0.15, 0.2) is 80.3 Å². The smallest absolute Gasteiger partial charge is 0.363 e. The summed E-state index contributed by atoms with van der Waals surface area (Å²) in [6.45, 7) is 0.495. The van der Waals surface area contributed by atoms with Crippen molar-refractivity contribution in [1.82, 2.24) is 0 Å². The maximum atomic E-state index is 12.3. The molecule has 10 heteroatoms. The molecule has 1 aliphatic rings. The van der Waals surface area contributed by atoms with E-state index >= 15 is 0 Å². The highest BCUT2D eigenvalue weighted by molar-refractivity contribution is 9.11. The lowest BCUT2D eigenvalue weighted by atomic mass is 10.1. The van der Waals surface area contributed by atoms with E-state index in [2.05, 4.69) is 36.9 Å². The average Bonchev–Trinajstić information content (AvgIpc) is 3.16. The highest BCUT2D eigenvalue weighted by Crippen LogP contribution is 2.36. The summed E-state index contributed by atoms with van der Waals surface area (Å²) in [5, 5.41) is 11.1. The fourth-order valence-electron chi connectivity index (χ4n) is 3.19. The van der Waals surface area contributed by atoms with Crippen LogP contribution in [0.3, 0.4) is 0 Å². The predicted molar refractivity (Wildman–Crippen MR) is 136 cm³/mol. The quantitative estimate of drug-likeness (QED) is 0.129. The lowest BCUT2D eigenvalue weighted by Gasteiger charge is -2.11. The number of hydrogen-bond donors (Lipinski definition) is 0. The van der Waals surface area contributed by atoms with Gasteiger partial charge in [-0.25, -0.2) is 9.79 Å². The van der Waals surface area contributed by atoms with Crippen molar-refractivity contribution in [2.75, 3.05) is 6.61 Å². The van der Waals surface area contributed by atoms with E-state index in [0.717, 1.165) is 6.42 Å². The molecule has 0 N–H and O–H groups in total. The Morgan fingerprint density at radius 3 is 2.47 bits per heavy atom. The van der Waals surface area contributed by atoms with Crippen LogP contribution < -0.4 is 4.74 Å². The molecular weight excluding hydrogens is 592 g/mol. The Kier molecular flexibility index (Phi) is 7.45. The Morgan fingerprint density at radius 1 is 1.09 bits per heavy atom. The minimum atomic E-state index is -0.664. The molecule has 0 atom stereocenters. The molecule has 3 aromatic rings. The molecule has 1 aliphatic heterocycles. The molecule has 7 nitrogen and oxygen atoms in total. The summed E-state index contributed by atoms with van der Waals surface area (Å²) in [6.07, 6.45) is 2.32. The van der Waals surface area contributed by atoms with Gasteiger partial charge in [0, 0.05) is 18.1 Å². The Morgan fingerprint density at radius 2 is 1.79 bits per heavy atom. The average molecular weight is 607 g/mol. The van der Waals surface area contributed by atoms with Crippen LogP contribution in [0.1, 0.15) is 16.7 Å². The number of aliphatic imine (C=N–C) groups is 1. The van der Waals surface area contributed by atoms with E-state index in [0.29, 0.717) is 26.9 Å². The monoisotopic (exact) mass is 604 g/mol. The van der Waals surface area contributed by atoms with Gasteiger partial charge in [0.15, 0.2) is 5.70 Å². The van der Waals surface area contributed by atoms with Crippen LogP contribution in [0.25, 0.3) is 6.08 Å². The zero-order valence-corrected chi connectivity index (χ0v) is 21.3. The Hall–Kier alpha value is -3.01. The fraction of sp³-hybridized carbons (Fsp3) is 0.0833. The standard InChI is InChI=1S/C24H15Br2ClN2O5/c25-17-10-15(11-18(26)22(17)33-9-8-14-4-2-1-3-5-14)12-20-24(30)34-23(28-20)16-6-7-19(27)21(13-16)29(31)32/h1-7,10-13H,8-9H2/b20-12-. The molecule has 0 aromatic heterocycles. The molecule has 0 saturated carbocycles. The molecule has 0 amide bonds. The number of esters is 1. The largest absolute Gasteiger partial charge is 0.491 e. The molecule has 0 spiro atoms. The van der Waals surface area contributed by atoms with Gasteiger partial charge in [0.2, 0.25) is 5.90 Å². The highest BCUT2D eigenvalue weighted by Gasteiger charge is 2.26. The first-order valence-corrected chi connectivity index (χ1v) is 11.9. The molecule has 0 bridgehead atoms. The van der Waals surface area contributed by atoms with Crippen molar-refractivity contribution in [3.8, 4) is 5.75 Å². The number of carbonyl (C=O) groups is 1. The Labute approximate surface area is 216 Å². The molecule has 0 fully saturated rings. The summed E-state index contributed by atoms with van der Waals surface area (Å²) >= 11 is 12.9. The number of nitro benzene ring substituents is 1. The van der Waals surface area contributed by atoms with Crippen LogP contribution in [-0.2, 0) is 16.0 Å². The summed E-state index contributed by atoms with van der Waals surface area (Å²) in [7, 11) is 0. The Bertz CT molecular complexity index is 1320. The van der Waals surface area contributed by atoms with Crippen LogP contribution in [0.4, 0.5) is 5.69 Å². The van der Waals surface area contributed by atoms with Crippen molar-refractivity contribution >= 4 is 67.1 Å². The van der Waals surface area contributed by atoms with Crippen LogP contribution >= 0.6 is 43.5 Å². The summed E-state index contributed by atoms with van der Waals surface area (Å²) in [4.78, 5) is 27.1. The van der Waals surface area contributed by atoms with Gasteiger partial charge < -0.3 is 9.47 Å². The van der Waals surface area contributed by atoms with Crippen molar-refractivity contribution in [2.24, 2.45) is 4.99 Å². The van der Waals surface area contributed by atoms with E-state index < -0.39 is 10.9 Å².